The summed E-state index contributed by atoms with van der Waals surface area (Å²) in [7, 11) is 0. The minimum Gasteiger partial charge on any atom is -0.378 e. The number of nitrogens with zero attached hydrogens (tertiary/aromatic N) is 5. The van der Waals surface area contributed by atoms with Crippen molar-refractivity contribution in [2.45, 2.75) is 6.42 Å². The summed E-state index contributed by atoms with van der Waals surface area (Å²) in [6.07, 6.45) is 4.69. The summed E-state index contributed by atoms with van der Waals surface area (Å²) in [4.78, 5) is 9.50. The summed E-state index contributed by atoms with van der Waals surface area (Å²) in [6.45, 7) is 3.86. The highest BCUT2D eigenvalue weighted by molar-refractivity contribution is 7.13. The maximum atomic E-state index is 8.14. The SMILES string of the molecule is [N-]=[N+]=NCCC=Cc1csc(N2CCOCC2)n1. The van der Waals surface area contributed by atoms with Crippen molar-refractivity contribution in [1.29, 1.82) is 0 Å². The second-order valence-corrected chi connectivity index (χ2v) is 4.64. The fourth-order valence-electron chi connectivity index (χ4n) is 1.63. The number of ether oxygens (including phenoxy) is 1. The van der Waals surface area contributed by atoms with Crippen LogP contribution in [0.3, 0.4) is 0 Å². The number of morpholine rings is 1. The Balaban J connectivity index is 1.87. The van der Waals surface area contributed by atoms with E-state index in [9.17, 15) is 0 Å². The first kappa shape index (κ1) is 12.9. The van der Waals surface area contributed by atoms with Gasteiger partial charge < -0.3 is 9.64 Å². The lowest BCUT2D eigenvalue weighted by Gasteiger charge is -2.25. The number of azide groups is 1. The van der Waals surface area contributed by atoms with E-state index in [1.54, 1.807) is 11.3 Å². The van der Waals surface area contributed by atoms with Gasteiger partial charge in [-0.05, 0) is 18.0 Å². The summed E-state index contributed by atoms with van der Waals surface area (Å²) >= 11 is 1.65. The van der Waals surface area contributed by atoms with Gasteiger partial charge in [-0.1, -0.05) is 11.2 Å². The Kier molecular flexibility index (Phi) is 5.01. The second-order valence-electron chi connectivity index (χ2n) is 3.80. The molecular weight excluding hydrogens is 250 g/mol. The molecule has 18 heavy (non-hydrogen) atoms. The van der Waals surface area contributed by atoms with E-state index in [0.717, 1.165) is 43.5 Å². The van der Waals surface area contributed by atoms with Gasteiger partial charge in [0.1, 0.15) is 0 Å². The maximum absolute atomic E-state index is 8.14. The van der Waals surface area contributed by atoms with E-state index in [1.165, 1.54) is 0 Å². The fourth-order valence-corrected chi connectivity index (χ4v) is 2.48. The Labute approximate surface area is 110 Å². The molecule has 6 nitrogen and oxygen atoms in total. The van der Waals surface area contributed by atoms with Gasteiger partial charge in [-0.3, -0.25) is 0 Å². The van der Waals surface area contributed by atoms with Crippen molar-refractivity contribution in [3.63, 3.8) is 0 Å². The van der Waals surface area contributed by atoms with Crippen LogP contribution in [0.4, 0.5) is 5.13 Å². The molecular formula is C11H15N5OS. The molecule has 0 atom stereocenters. The Bertz CT molecular complexity index is 446. The first-order valence-electron chi connectivity index (χ1n) is 5.86. The largest absolute Gasteiger partial charge is 0.378 e. The summed E-state index contributed by atoms with van der Waals surface area (Å²) in [6, 6.07) is 0. The number of aromatic nitrogens is 1. The lowest BCUT2D eigenvalue weighted by atomic mass is 10.3. The van der Waals surface area contributed by atoms with Crippen LogP contribution in [-0.4, -0.2) is 37.8 Å². The van der Waals surface area contributed by atoms with E-state index < -0.39 is 0 Å². The smallest absolute Gasteiger partial charge is 0.185 e. The minimum atomic E-state index is 0.494. The van der Waals surface area contributed by atoms with Crippen LogP contribution in [0.15, 0.2) is 16.6 Å². The number of rotatable bonds is 5. The van der Waals surface area contributed by atoms with Gasteiger partial charge >= 0.3 is 0 Å². The predicted octanol–water partition coefficient (Wildman–Crippen LogP) is 2.69. The molecule has 0 N–H and O–H groups in total. The number of thiazole rings is 1. The van der Waals surface area contributed by atoms with Crippen LogP contribution in [0.2, 0.25) is 0 Å². The van der Waals surface area contributed by atoms with Gasteiger partial charge in [0.25, 0.3) is 0 Å². The van der Waals surface area contributed by atoms with Crippen LogP contribution in [0.5, 0.6) is 0 Å². The lowest BCUT2D eigenvalue weighted by Crippen LogP contribution is -2.36. The summed E-state index contributed by atoms with van der Waals surface area (Å²) in [5, 5.41) is 6.56. The van der Waals surface area contributed by atoms with Crippen LogP contribution < -0.4 is 4.90 Å². The standard InChI is InChI=1S/C11H15N5OS/c12-15-13-4-2-1-3-10-9-18-11(14-10)16-5-7-17-8-6-16/h1,3,9H,2,4-8H2. The van der Waals surface area contributed by atoms with Crippen LogP contribution in [0.1, 0.15) is 12.1 Å². The Morgan fingerprint density at radius 2 is 2.39 bits per heavy atom. The molecule has 1 aromatic rings. The number of hydrogen-bond donors (Lipinski definition) is 0. The second kappa shape index (κ2) is 7.00. The third-order valence-electron chi connectivity index (χ3n) is 2.54. The van der Waals surface area contributed by atoms with Crippen LogP contribution in [0.25, 0.3) is 16.5 Å². The number of anilines is 1. The first-order valence-corrected chi connectivity index (χ1v) is 6.74. The summed E-state index contributed by atoms with van der Waals surface area (Å²) in [5.74, 6) is 0. The molecule has 1 aliphatic rings. The van der Waals surface area contributed by atoms with Gasteiger partial charge in [-0.15, -0.1) is 11.3 Å². The molecule has 2 rings (SSSR count). The molecule has 0 unspecified atom stereocenters. The average Bonchev–Trinajstić information content (AvgIpc) is 2.88. The molecule has 1 saturated heterocycles. The van der Waals surface area contributed by atoms with E-state index in [0.29, 0.717) is 6.54 Å². The predicted molar refractivity (Wildman–Crippen MR) is 72.8 cm³/mol. The molecule has 0 bridgehead atoms. The molecule has 0 aliphatic carbocycles. The first-order chi connectivity index (χ1) is 8.90. The fraction of sp³-hybridized carbons (Fsp3) is 0.545. The Morgan fingerprint density at radius 1 is 1.56 bits per heavy atom. The highest BCUT2D eigenvalue weighted by Crippen LogP contribution is 2.22. The van der Waals surface area contributed by atoms with E-state index in [-0.39, 0.29) is 0 Å². The zero-order valence-electron chi connectivity index (χ0n) is 10.0. The minimum absolute atomic E-state index is 0.494. The third kappa shape index (κ3) is 3.73. The molecule has 1 aromatic heterocycles. The Hall–Kier alpha value is -1.56. The van der Waals surface area contributed by atoms with Crippen molar-refractivity contribution >= 4 is 22.5 Å². The zero-order chi connectivity index (χ0) is 12.6. The van der Waals surface area contributed by atoms with Gasteiger partial charge in [-0.25, -0.2) is 4.98 Å². The highest BCUT2D eigenvalue weighted by Gasteiger charge is 2.13. The van der Waals surface area contributed by atoms with Gasteiger partial charge in [-0.2, -0.15) is 0 Å². The monoisotopic (exact) mass is 265 g/mol. The molecule has 1 fully saturated rings. The van der Waals surface area contributed by atoms with E-state index >= 15 is 0 Å². The van der Waals surface area contributed by atoms with Gasteiger partial charge in [0.2, 0.25) is 0 Å². The van der Waals surface area contributed by atoms with Crippen LogP contribution in [-0.2, 0) is 4.74 Å². The van der Waals surface area contributed by atoms with Crippen molar-refractivity contribution in [3.05, 3.63) is 27.6 Å². The van der Waals surface area contributed by atoms with Crippen molar-refractivity contribution in [2.24, 2.45) is 5.11 Å². The van der Waals surface area contributed by atoms with Crippen molar-refractivity contribution < 1.29 is 4.74 Å². The van der Waals surface area contributed by atoms with E-state index in [2.05, 4.69) is 19.9 Å². The maximum Gasteiger partial charge on any atom is 0.185 e. The highest BCUT2D eigenvalue weighted by atomic mass is 32.1. The normalized spacial score (nSPS) is 15.9. The van der Waals surface area contributed by atoms with E-state index in [1.807, 2.05) is 17.5 Å². The molecule has 96 valence electrons. The van der Waals surface area contributed by atoms with E-state index in [4.69, 9.17) is 10.3 Å². The lowest BCUT2D eigenvalue weighted by molar-refractivity contribution is 0.122. The number of hydrogen-bond acceptors (Lipinski definition) is 5. The molecule has 0 radical (unpaired) electrons. The molecule has 0 aromatic carbocycles. The Morgan fingerprint density at radius 3 is 3.17 bits per heavy atom. The average molecular weight is 265 g/mol. The van der Waals surface area contributed by atoms with Crippen molar-refractivity contribution in [3.8, 4) is 0 Å². The quantitative estimate of drug-likeness (QED) is 0.355. The zero-order valence-corrected chi connectivity index (χ0v) is 10.8. The van der Waals surface area contributed by atoms with Crippen LogP contribution in [0, 0.1) is 0 Å². The molecule has 0 spiro atoms. The van der Waals surface area contributed by atoms with Crippen molar-refractivity contribution in [2.75, 3.05) is 37.7 Å². The van der Waals surface area contributed by atoms with Crippen molar-refractivity contribution in [1.82, 2.24) is 4.98 Å². The van der Waals surface area contributed by atoms with Gasteiger partial charge in [0, 0.05) is 29.9 Å². The topological polar surface area (TPSA) is 74.1 Å². The summed E-state index contributed by atoms with van der Waals surface area (Å²) in [5.41, 5.74) is 9.10. The molecule has 2 heterocycles. The molecule has 0 saturated carbocycles. The van der Waals surface area contributed by atoms with Gasteiger partial charge in [0.15, 0.2) is 5.13 Å². The van der Waals surface area contributed by atoms with Gasteiger partial charge in [0.05, 0.1) is 18.9 Å². The molecule has 1 aliphatic heterocycles. The molecule has 0 amide bonds. The van der Waals surface area contributed by atoms with Crippen LogP contribution >= 0.6 is 11.3 Å². The third-order valence-corrected chi connectivity index (χ3v) is 3.46. The summed E-state index contributed by atoms with van der Waals surface area (Å²) < 4.78 is 5.31. The molecule has 7 heteroatoms.